The van der Waals surface area contributed by atoms with Crippen molar-refractivity contribution in [3.8, 4) is 5.75 Å². The lowest BCUT2D eigenvalue weighted by atomic mass is 10.1. The van der Waals surface area contributed by atoms with Crippen LogP contribution in [-0.4, -0.2) is 48.2 Å². The van der Waals surface area contributed by atoms with E-state index in [0.29, 0.717) is 38.7 Å². The van der Waals surface area contributed by atoms with Crippen molar-refractivity contribution in [3.05, 3.63) is 69.8 Å². The number of esters is 1. The lowest BCUT2D eigenvalue weighted by Gasteiger charge is -2.21. The molecular weight excluding hydrogens is 428 g/mol. The highest BCUT2D eigenvalue weighted by Crippen LogP contribution is 2.26. The summed E-state index contributed by atoms with van der Waals surface area (Å²) in [7, 11) is 1.29. The molecule has 0 atom stereocenters. The minimum absolute atomic E-state index is 0.0720. The Hall–Kier alpha value is -3.75. The van der Waals surface area contributed by atoms with E-state index < -0.39 is 10.9 Å². The van der Waals surface area contributed by atoms with E-state index in [2.05, 4.69) is 0 Å². The van der Waals surface area contributed by atoms with E-state index in [-0.39, 0.29) is 29.5 Å². The summed E-state index contributed by atoms with van der Waals surface area (Å²) < 4.78 is 10.3. The average Bonchev–Trinajstić information content (AvgIpc) is 2.83. The lowest BCUT2D eigenvalue weighted by Crippen LogP contribution is -2.35. The molecular formula is C24H28N2O7. The van der Waals surface area contributed by atoms with Gasteiger partial charge < -0.3 is 14.4 Å². The topological polar surface area (TPSA) is 116 Å². The maximum Gasteiger partial charge on any atom is 0.325 e. The predicted octanol–water partition coefficient (Wildman–Crippen LogP) is 3.94. The van der Waals surface area contributed by atoms with Gasteiger partial charge in [-0.1, -0.05) is 49.2 Å². The summed E-state index contributed by atoms with van der Waals surface area (Å²) in [6.07, 6.45) is 3.63. The fraction of sp³-hybridized carbons (Fsp3) is 0.375. The van der Waals surface area contributed by atoms with Gasteiger partial charge in [0.25, 0.3) is 5.69 Å². The Labute approximate surface area is 192 Å². The molecule has 0 radical (unpaired) electrons. The molecule has 0 fully saturated rings. The van der Waals surface area contributed by atoms with Crippen molar-refractivity contribution in [1.29, 1.82) is 0 Å². The van der Waals surface area contributed by atoms with Crippen molar-refractivity contribution in [2.75, 3.05) is 20.3 Å². The van der Waals surface area contributed by atoms with E-state index in [1.54, 1.807) is 0 Å². The summed E-state index contributed by atoms with van der Waals surface area (Å²) in [6, 6.07) is 13.7. The van der Waals surface area contributed by atoms with Gasteiger partial charge in [-0.15, -0.1) is 0 Å². The molecule has 0 aliphatic heterocycles. The Morgan fingerprint density at radius 3 is 2.42 bits per heavy atom. The molecule has 0 unspecified atom stereocenters. The summed E-state index contributed by atoms with van der Waals surface area (Å²) >= 11 is 0. The Balaban J connectivity index is 1.75. The number of hydrogen-bond acceptors (Lipinski definition) is 7. The van der Waals surface area contributed by atoms with Crippen LogP contribution in [0.3, 0.4) is 0 Å². The summed E-state index contributed by atoms with van der Waals surface area (Å²) in [5.74, 6) is -0.395. The summed E-state index contributed by atoms with van der Waals surface area (Å²) in [5, 5.41) is 11.0. The summed E-state index contributed by atoms with van der Waals surface area (Å²) in [4.78, 5) is 47.4. The quantitative estimate of drug-likeness (QED) is 0.139. The van der Waals surface area contributed by atoms with Crippen molar-refractivity contribution >= 4 is 23.9 Å². The molecule has 2 aromatic rings. The second-order valence-electron chi connectivity index (χ2n) is 7.39. The molecule has 0 N–H and O–H groups in total. The van der Waals surface area contributed by atoms with Crippen LogP contribution < -0.4 is 4.74 Å². The van der Waals surface area contributed by atoms with Crippen molar-refractivity contribution in [1.82, 2.24) is 4.90 Å². The summed E-state index contributed by atoms with van der Waals surface area (Å²) in [5.41, 5.74) is 0.577. The van der Waals surface area contributed by atoms with Crippen molar-refractivity contribution in [2.45, 2.75) is 38.6 Å². The molecule has 2 aromatic carbocycles. The number of ether oxygens (including phenoxy) is 2. The summed E-state index contributed by atoms with van der Waals surface area (Å²) in [6.45, 7) is 0.545. The van der Waals surface area contributed by atoms with Gasteiger partial charge in [0.1, 0.15) is 17.9 Å². The number of methoxy groups -OCH3 is 1. The third-order valence-corrected chi connectivity index (χ3v) is 5.02. The van der Waals surface area contributed by atoms with Gasteiger partial charge in [0, 0.05) is 19.0 Å². The van der Waals surface area contributed by atoms with Crippen molar-refractivity contribution < 1.29 is 28.8 Å². The molecule has 9 nitrogen and oxygen atoms in total. The number of nitrogens with zero attached hydrogens (tertiary/aromatic N) is 2. The third kappa shape index (κ3) is 8.36. The zero-order valence-electron chi connectivity index (χ0n) is 18.6. The van der Waals surface area contributed by atoms with Gasteiger partial charge in [0.15, 0.2) is 6.29 Å². The number of nitro groups is 1. The van der Waals surface area contributed by atoms with E-state index in [1.807, 2.05) is 30.3 Å². The molecule has 33 heavy (non-hydrogen) atoms. The highest BCUT2D eigenvalue weighted by Gasteiger charge is 2.19. The number of amides is 1. The number of rotatable bonds is 14. The molecule has 0 aromatic heterocycles. The highest BCUT2D eigenvalue weighted by atomic mass is 16.6. The second kappa shape index (κ2) is 13.6. The molecule has 2 rings (SSSR count). The van der Waals surface area contributed by atoms with Crippen LogP contribution in [0.4, 0.5) is 5.69 Å². The monoisotopic (exact) mass is 456 g/mol. The molecule has 9 heteroatoms. The maximum atomic E-state index is 12.6. The lowest BCUT2D eigenvalue weighted by molar-refractivity contribution is -0.385. The first kappa shape index (κ1) is 25.5. The van der Waals surface area contributed by atoms with Gasteiger partial charge in [0.2, 0.25) is 5.91 Å². The van der Waals surface area contributed by atoms with Crippen molar-refractivity contribution in [3.63, 3.8) is 0 Å². The smallest absolute Gasteiger partial charge is 0.325 e. The van der Waals surface area contributed by atoms with E-state index in [0.717, 1.165) is 18.4 Å². The third-order valence-electron chi connectivity index (χ3n) is 5.02. The van der Waals surface area contributed by atoms with Gasteiger partial charge in [-0.25, -0.2) is 0 Å². The number of nitro benzene ring substituents is 1. The van der Waals surface area contributed by atoms with Crippen LogP contribution >= 0.6 is 0 Å². The molecule has 1 amide bonds. The normalized spacial score (nSPS) is 10.3. The standard InChI is InChI=1S/C24H28N2O7/c1-32-24(29)17-25(16-19-10-5-4-6-11-19)23(28)14-7-2-3-8-15-33-22-13-9-12-21(26(30)31)20(22)18-27/h4-6,9-13,18H,2-3,7-8,14-17H2,1H3. The first-order valence-corrected chi connectivity index (χ1v) is 10.7. The van der Waals surface area contributed by atoms with Crippen LogP contribution in [0.2, 0.25) is 0 Å². The van der Waals surface area contributed by atoms with Crippen molar-refractivity contribution in [2.24, 2.45) is 0 Å². The van der Waals surface area contributed by atoms with E-state index in [9.17, 15) is 24.5 Å². The Morgan fingerprint density at radius 1 is 1.03 bits per heavy atom. The zero-order valence-corrected chi connectivity index (χ0v) is 18.6. The molecule has 0 saturated carbocycles. The Bertz CT molecular complexity index is 947. The van der Waals surface area contributed by atoms with E-state index in [1.165, 1.54) is 30.2 Å². The zero-order chi connectivity index (χ0) is 24.1. The molecule has 0 aliphatic carbocycles. The minimum atomic E-state index is -0.616. The fourth-order valence-electron chi connectivity index (χ4n) is 3.26. The number of hydrogen-bond donors (Lipinski definition) is 0. The molecule has 0 heterocycles. The minimum Gasteiger partial charge on any atom is -0.493 e. The first-order valence-electron chi connectivity index (χ1n) is 10.7. The van der Waals surface area contributed by atoms with E-state index in [4.69, 9.17) is 9.47 Å². The number of benzene rings is 2. The SMILES string of the molecule is COC(=O)CN(Cc1ccccc1)C(=O)CCCCCCOc1cccc([N+](=O)[O-])c1C=O. The molecule has 0 aliphatic rings. The number of unbranched alkanes of at least 4 members (excludes halogenated alkanes) is 3. The number of carbonyl (C=O) groups excluding carboxylic acids is 3. The van der Waals surface area contributed by atoms with Crippen LogP contribution in [0.5, 0.6) is 5.75 Å². The van der Waals surface area contributed by atoms with Crippen LogP contribution in [0.15, 0.2) is 48.5 Å². The Morgan fingerprint density at radius 2 is 1.76 bits per heavy atom. The molecule has 176 valence electrons. The van der Waals surface area contributed by atoms with Gasteiger partial charge in [0.05, 0.1) is 18.6 Å². The first-order chi connectivity index (χ1) is 16.0. The molecule has 0 saturated heterocycles. The van der Waals surface area contributed by atoms with Gasteiger partial charge in [-0.2, -0.15) is 0 Å². The molecule has 0 bridgehead atoms. The van der Waals surface area contributed by atoms with Gasteiger partial charge >= 0.3 is 5.97 Å². The maximum absolute atomic E-state index is 12.6. The van der Waals surface area contributed by atoms with E-state index >= 15 is 0 Å². The molecule has 0 spiro atoms. The van der Waals surface area contributed by atoms with Gasteiger partial charge in [-0.3, -0.25) is 24.5 Å². The fourth-order valence-corrected chi connectivity index (χ4v) is 3.26. The largest absolute Gasteiger partial charge is 0.493 e. The Kier molecular flexibility index (Phi) is 10.5. The second-order valence-corrected chi connectivity index (χ2v) is 7.39. The number of aldehydes is 1. The van der Waals surface area contributed by atoms with Gasteiger partial charge in [-0.05, 0) is 24.5 Å². The average molecular weight is 456 g/mol. The van der Waals surface area contributed by atoms with Crippen LogP contribution in [0, 0.1) is 10.1 Å². The predicted molar refractivity (Wildman–Crippen MR) is 121 cm³/mol. The highest BCUT2D eigenvalue weighted by molar-refractivity contribution is 5.85. The van der Waals surface area contributed by atoms with Crippen LogP contribution in [-0.2, 0) is 20.9 Å². The van der Waals surface area contributed by atoms with Crippen LogP contribution in [0.1, 0.15) is 48.0 Å². The van der Waals surface area contributed by atoms with Crippen LogP contribution in [0.25, 0.3) is 0 Å². The number of carbonyl (C=O) groups is 3.